The first-order chi connectivity index (χ1) is 13.5. The molecule has 0 heterocycles. The lowest BCUT2D eigenvalue weighted by Crippen LogP contribution is -2.35. The Labute approximate surface area is 166 Å². The van der Waals surface area contributed by atoms with Gasteiger partial charge in [0.1, 0.15) is 5.56 Å². The van der Waals surface area contributed by atoms with Crippen molar-refractivity contribution in [3.63, 3.8) is 0 Å². The van der Waals surface area contributed by atoms with E-state index >= 15 is 0 Å². The maximum Gasteiger partial charge on any atom is 0.286 e. The number of ether oxygens (including phenoxy) is 2. The topological polar surface area (TPSA) is 93.9 Å². The molecule has 0 unspecified atom stereocenters. The monoisotopic (exact) mass is 393 g/mol. The summed E-state index contributed by atoms with van der Waals surface area (Å²) in [7, 11) is 3.53. The van der Waals surface area contributed by atoms with Crippen LogP contribution >= 0.6 is 0 Å². The van der Waals surface area contributed by atoms with E-state index in [4.69, 9.17) is 9.47 Å². The zero-order chi connectivity index (χ0) is 20.5. The maximum absolute atomic E-state index is 12.5. The Bertz CT molecular complexity index is 674. The minimum absolute atomic E-state index is 0.0186. The molecule has 0 atom stereocenters. The fourth-order valence-electron chi connectivity index (χ4n) is 3.64. The Balaban J connectivity index is 1.96. The minimum atomic E-state index is -0.579. The summed E-state index contributed by atoms with van der Waals surface area (Å²) in [4.78, 5) is 25.7. The number of hydrogen-bond donors (Lipinski definition) is 1. The first kappa shape index (κ1) is 21.9. The fraction of sp³-hybridized carbons (Fsp3) is 0.650. The summed E-state index contributed by atoms with van der Waals surface area (Å²) in [5.41, 5.74) is -0.313. The van der Waals surface area contributed by atoms with Gasteiger partial charge in [0.05, 0.1) is 24.7 Å². The lowest BCUT2D eigenvalue weighted by Gasteiger charge is -2.31. The zero-order valence-corrected chi connectivity index (χ0v) is 17.0. The normalized spacial score (nSPS) is 14.7. The van der Waals surface area contributed by atoms with Gasteiger partial charge in [-0.25, -0.2) is 0 Å². The van der Waals surface area contributed by atoms with Gasteiger partial charge in [-0.3, -0.25) is 14.9 Å². The molecule has 156 valence electrons. The van der Waals surface area contributed by atoms with Gasteiger partial charge in [-0.05, 0) is 39.8 Å². The highest BCUT2D eigenvalue weighted by Gasteiger charge is 2.24. The molecule has 0 bridgehead atoms. The van der Waals surface area contributed by atoms with Crippen LogP contribution in [0.5, 0.6) is 11.5 Å². The molecule has 28 heavy (non-hydrogen) atoms. The molecule has 0 saturated heterocycles. The molecule has 8 heteroatoms. The number of methoxy groups -OCH3 is 1. The number of rotatable bonds is 10. The molecule has 2 rings (SSSR count). The molecule has 0 aliphatic heterocycles. The van der Waals surface area contributed by atoms with Gasteiger partial charge in [-0.15, -0.1) is 0 Å². The SMILES string of the molecule is CCOc1cc(C(=O)NCCCN(C)C2CCCCC2)c([N+](=O)[O-])cc1OC. The van der Waals surface area contributed by atoms with Gasteiger partial charge in [0.25, 0.3) is 11.6 Å². The molecule has 1 saturated carbocycles. The van der Waals surface area contributed by atoms with Gasteiger partial charge in [-0.1, -0.05) is 19.3 Å². The van der Waals surface area contributed by atoms with Gasteiger partial charge in [0.2, 0.25) is 0 Å². The lowest BCUT2D eigenvalue weighted by atomic mass is 9.94. The third-order valence-corrected chi connectivity index (χ3v) is 5.19. The fourth-order valence-corrected chi connectivity index (χ4v) is 3.64. The van der Waals surface area contributed by atoms with Crippen molar-refractivity contribution in [2.24, 2.45) is 0 Å². The van der Waals surface area contributed by atoms with Crippen molar-refractivity contribution < 1.29 is 19.2 Å². The molecule has 1 aliphatic rings. The van der Waals surface area contributed by atoms with Crippen LogP contribution in [-0.4, -0.2) is 55.6 Å². The second kappa shape index (κ2) is 10.8. The summed E-state index contributed by atoms with van der Waals surface area (Å²) in [6.07, 6.45) is 7.16. The molecule has 8 nitrogen and oxygen atoms in total. The van der Waals surface area contributed by atoms with Crippen LogP contribution in [0.25, 0.3) is 0 Å². The molecule has 1 amide bonds. The third-order valence-electron chi connectivity index (χ3n) is 5.19. The van der Waals surface area contributed by atoms with E-state index in [-0.39, 0.29) is 17.0 Å². The Morgan fingerprint density at radius 1 is 1.29 bits per heavy atom. The highest BCUT2D eigenvalue weighted by atomic mass is 16.6. The van der Waals surface area contributed by atoms with Crippen LogP contribution in [0, 0.1) is 10.1 Å². The second-order valence-electron chi connectivity index (χ2n) is 7.09. The predicted molar refractivity (Wildman–Crippen MR) is 107 cm³/mol. The van der Waals surface area contributed by atoms with E-state index in [2.05, 4.69) is 17.3 Å². The van der Waals surface area contributed by atoms with Gasteiger partial charge < -0.3 is 19.7 Å². The van der Waals surface area contributed by atoms with E-state index in [9.17, 15) is 14.9 Å². The van der Waals surface area contributed by atoms with Crippen molar-refractivity contribution >= 4 is 11.6 Å². The quantitative estimate of drug-likeness (QED) is 0.372. The minimum Gasteiger partial charge on any atom is -0.493 e. The number of benzene rings is 1. The van der Waals surface area contributed by atoms with Crippen LogP contribution < -0.4 is 14.8 Å². The Hall–Kier alpha value is -2.35. The Morgan fingerprint density at radius 3 is 2.61 bits per heavy atom. The van der Waals surface area contributed by atoms with E-state index in [1.165, 1.54) is 51.3 Å². The number of nitrogens with one attached hydrogen (secondary N) is 1. The highest BCUT2D eigenvalue weighted by Crippen LogP contribution is 2.34. The molecule has 0 spiro atoms. The van der Waals surface area contributed by atoms with Gasteiger partial charge in [-0.2, -0.15) is 0 Å². The molecule has 0 radical (unpaired) electrons. The van der Waals surface area contributed by atoms with Crippen molar-refractivity contribution in [1.82, 2.24) is 10.2 Å². The molecule has 1 aliphatic carbocycles. The van der Waals surface area contributed by atoms with E-state index in [1.54, 1.807) is 6.92 Å². The van der Waals surface area contributed by atoms with E-state index in [1.807, 2.05) is 0 Å². The molecule has 1 aromatic rings. The molecular weight excluding hydrogens is 362 g/mol. The maximum atomic E-state index is 12.5. The highest BCUT2D eigenvalue weighted by molar-refractivity contribution is 5.99. The van der Waals surface area contributed by atoms with E-state index in [0.717, 1.165) is 13.0 Å². The molecule has 1 N–H and O–H groups in total. The summed E-state index contributed by atoms with van der Waals surface area (Å²) >= 11 is 0. The van der Waals surface area contributed by atoms with E-state index < -0.39 is 10.8 Å². The standard InChI is InChI=1S/C20H31N3O5/c1-4-28-19-13-16(17(23(25)26)14-18(19)27-3)20(24)21-11-8-12-22(2)15-9-6-5-7-10-15/h13-15H,4-12H2,1-3H3,(H,21,24). The van der Waals surface area contributed by atoms with Gasteiger partial charge >= 0.3 is 0 Å². The van der Waals surface area contributed by atoms with E-state index in [0.29, 0.717) is 24.9 Å². The van der Waals surface area contributed by atoms with Crippen LogP contribution in [0.2, 0.25) is 0 Å². The van der Waals surface area contributed by atoms with Crippen molar-refractivity contribution in [2.45, 2.75) is 51.5 Å². The van der Waals surface area contributed by atoms with Crippen molar-refractivity contribution in [2.75, 3.05) is 33.9 Å². The van der Waals surface area contributed by atoms with Crippen molar-refractivity contribution in [1.29, 1.82) is 0 Å². The van der Waals surface area contributed by atoms with Crippen LogP contribution in [0.15, 0.2) is 12.1 Å². The Kier molecular flexibility index (Phi) is 8.50. The number of carbonyl (C=O) groups is 1. The summed E-state index contributed by atoms with van der Waals surface area (Å²) in [6.45, 7) is 3.51. The summed E-state index contributed by atoms with van der Waals surface area (Å²) < 4.78 is 10.6. The number of carbonyl (C=O) groups excluding carboxylic acids is 1. The Morgan fingerprint density at radius 2 is 2.00 bits per heavy atom. The van der Waals surface area contributed by atoms with Crippen LogP contribution in [-0.2, 0) is 0 Å². The summed E-state index contributed by atoms with van der Waals surface area (Å²) in [5, 5.41) is 14.2. The lowest BCUT2D eigenvalue weighted by molar-refractivity contribution is -0.385. The van der Waals surface area contributed by atoms with Gasteiger partial charge in [0, 0.05) is 18.7 Å². The number of amides is 1. The molecule has 0 aromatic heterocycles. The zero-order valence-electron chi connectivity index (χ0n) is 17.0. The predicted octanol–water partition coefficient (Wildman–Crippen LogP) is 3.39. The number of hydrogen-bond acceptors (Lipinski definition) is 6. The molecule has 1 aromatic carbocycles. The van der Waals surface area contributed by atoms with Crippen molar-refractivity contribution in [3.05, 3.63) is 27.8 Å². The van der Waals surface area contributed by atoms with Crippen LogP contribution in [0.1, 0.15) is 55.8 Å². The molecule has 1 fully saturated rings. The number of nitrogens with zero attached hydrogens (tertiary/aromatic N) is 2. The first-order valence-corrected chi connectivity index (χ1v) is 9.95. The smallest absolute Gasteiger partial charge is 0.286 e. The first-order valence-electron chi connectivity index (χ1n) is 9.95. The van der Waals surface area contributed by atoms with Crippen LogP contribution in [0.4, 0.5) is 5.69 Å². The number of nitro benzene ring substituents is 1. The average molecular weight is 393 g/mol. The largest absolute Gasteiger partial charge is 0.493 e. The van der Waals surface area contributed by atoms with Crippen LogP contribution in [0.3, 0.4) is 0 Å². The second-order valence-corrected chi connectivity index (χ2v) is 7.09. The molecular formula is C20H31N3O5. The third kappa shape index (κ3) is 5.82. The van der Waals surface area contributed by atoms with Crippen molar-refractivity contribution in [3.8, 4) is 11.5 Å². The average Bonchev–Trinajstić information content (AvgIpc) is 2.71. The number of nitro groups is 1. The summed E-state index contributed by atoms with van der Waals surface area (Å²) in [5.74, 6) is 0.0765. The van der Waals surface area contributed by atoms with Gasteiger partial charge in [0.15, 0.2) is 11.5 Å². The summed E-state index contributed by atoms with van der Waals surface area (Å²) in [6, 6.07) is 3.24.